The summed E-state index contributed by atoms with van der Waals surface area (Å²) in [6.45, 7) is 1.77. The molecule has 0 radical (unpaired) electrons. The van der Waals surface area contributed by atoms with Gasteiger partial charge < -0.3 is 10.1 Å². The molecule has 0 unspecified atom stereocenters. The van der Waals surface area contributed by atoms with Crippen molar-refractivity contribution < 1.29 is 4.74 Å². The summed E-state index contributed by atoms with van der Waals surface area (Å²) in [5, 5.41) is 3.64. The van der Waals surface area contributed by atoms with Gasteiger partial charge in [0, 0.05) is 10.5 Å². The topological polar surface area (TPSA) is 21.3 Å². The van der Waals surface area contributed by atoms with Gasteiger partial charge in [-0.25, -0.2) is 0 Å². The number of nitrogens with one attached hydrogen (secondary N) is 1. The number of hydrogen-bond acceptors (Lipinski definition) is 2. The van der Waals surface area contributed by atoms with E-state index in [2.05, 4.69) is 53.1 Å². The summed E-state index contributed by atoms with van der Waals surface area (Å²) in [4.78, 5) is 0. The monoisotopic (exact) mass is 467 g/mol. The van der Waals surface area contributed by atoms with Gasteiger partial charge in [-0.15, -0.1) is 0 Å². The average Bonchev–Trinajstić information content (AvgIpc) is 2.42. The van der Waals surface area contributed by atoms with Crippen LogP contribution in [0.25, 0.3) is 0 Å². The maximum atomic E-state index is 5.86. The molecule has 0 amide bonds. The zero-order chi connectivity index (χ0) is 14.4. The van der Waals surface area contributed by atoms with E-state index in [9.17, 15) is 0 Å². The van der Waals surface area contributed by atoms with Gasteiger partial charge in [0.2, 0.25) is 0 Å². The first-order chi connectivity index (χ1) is 9.66. The van der Waals surface area contributed by atoms with Crippen LogP contribution >= 0.6 is 47.8 Å². The van der Waals surface area contributed by atoms with Crippen molar-refractivity contribution >= 4 is 47.8 Å². The minimum absolute atomic E-state index is 0.731. The van der Waals surface area contributed by atoms with Crippen molar-refractivity contribution in [1.82, 2.24) is 5.32 Å². The molecule has 112 valence electrons. The second-order valence-electron chi connectivity index (χ2n) is 5.19. The van der Waals surface area contributed by atoms with E-state index in [1.54, 1.807) is 0 Å². The van der Waals surface area contributed by atoms with E-state index in [4.69, 9.17) is 4.74 Å². The molecular weight excluding hydrogens is 450 g/mol. The highest BCUT2D eigenvalue weighted by Gasteiger charge is 2.12. The van der Waals surface area contributed by atoms with Crippen molar-refractivity contribution in [1.29, 1.82) is 0 Å². The van der Waals surface area contributed by atoms with Gasteiger partial charge in [-0.2, -0.15) is 0 Å². The predicted molar refractivity (Wildman–Crippen MR) is 94.5 cm³/mol. The molecule has 0 bridgehead atoms. The lowest BCUT2D eigenvalue weighted by atomic mass is 9.95. The Bertz CT molecular complexity index is 410. The van der Waals surface area contributed by atoms with E-state index in [-0.39, 0.29) is 0 Å². The summed E-state index contributed by atoms with van der Waals surface area (Å²) in [5.74, 6) is 0.880. The van der Waals surface area contributed by atoms with Crippen LogP contribution in [0.5, 0.6) is 5.75 Å². The summed E-state index contributed by atoms with van der Waals surface area (Å²) < 4.78 is 8.83. The van der Waals surface area contributed by atoms with Gasteiger partial charge in [-0.3, -0.25) is 0 Å². The van der Waals surface area contributed by atoms with Crippen molar-refractivity contribution in [2.24, 2.45) is 0 Å². The Labute approximate surface area is 146 Å². The molecule has 0 aromatic heterocycles. The molecular formula is C15H20Br3NO. The molecule has 1 aliphatic carbocycles. The molecule has 1 fully saturated rings. The molecule has 0 saturated heterocycles. The van der Waals surface area contributed by atoms with Gasteiger partial charge >= 0.3 is 0 Å². The fraction of sp³-hybridized carbons (Fsp3) is 0.600. The predicted octanol–water partition coefficient (Wildman–Crippen LogP) is 5.67. The molecule has 0 atom stereocenters. The SMILES string of the molecule is Brc1cc(Br)c(OCCCNC2CCCCC2)c(Br)c1. The molecule has 1 aliphatic rings. The van der Waals surface area contributed by atoms with Crippen LogP contribution < -0.4 is 10.1 Å². The normalized spacial score (nSPS) is 16.4. The highest BCUT2D eigenvalue weighted by molar-refractivity contribution is 9.11. The largest absolute Gasteiger partial charge is 0.491 e. The third kappa shape index (κ3) is 5.32. The summed E-state index contributed by atoms with van der Waals surface area (Å²) in [6.07, 6.45) is 7.88. The van der Waals surface area contributed by atoms with Crippen molar-refractivity contribution in [2.75, 3.05) is 13.2 Å². The Morgan fingerprint density at radius 3 is 2.35 bits per heavy atom. The molecule has 1 saturated carbocycles. The summed E-state index contributed by atoms with van der Waals surface area (Å²) in [6, 6.07) is 4.73. The Hall–Kier alpha value is 0.420. The lowest BCUT2D eigenvalue weighted by molar-refractivity contribution is 0.294. The van der Waals surface area contributed by atoms with E-state index in [0.717, 1.165) is 44.8 Å². The molecule has 0 spiro atoms. The lowest BCUT2D eigenvalue weighted by Crippen LogP contribution is -2.32. The summed E-state index contributed by atoms with van der Waals surface area (Å²) in [5.41, 5.74) is 0. The third-order valence-electron chi connectivity index (χ3n) is 3.57. The first-order valence-corrected chi connectivity index (χ1v) is 9.55. The average molecular weight is 470 g/mol. The minimum atomic E-state index is 0.731. The van der Waals surface area contributed by atoms with Crippen LogP contribution in [0.4, 0.5) is 0 Å². The molecule has 1 aromatic carbocycles. The van der Waals surface area contributed by atoms with Gasteiger partial charge in [0.25, 0.3) is 0 Å². The van der Waals surface area contributed by atoms with Crippen LogP contribution in [0.1, 0.15) is 38.5 Å². The molecule has 2 nitrogen and oxygen atoms in total. The first kappa shape index (κ1) is 16.8. The molecule has 1 N–H and O–H groups in total. The fourth-order valence-electron chi connectivity index (χ4n) is 2.53. The standard InChI is InChI=1S/C15H20Br3NO/c16-11-9-13(17)15(14(18)10-11)20-8-4-7-19-12-5-2-1-3-6-12/h9-10,12,19H,1-8H2. The van der Waals surface area contributed by atoms with Crippen LogP contribution in [0.15, 0.2) is 25.6 Å². The first-order valence-electron chi connectivity index (χ1n) is 7.17. The molecule has 0 heterocycles. The van der Waals surface area contributed by atoms with E-state index in [0.29, 0.717) is 0 Å². The van der Waals surface area contributed by atoms with Gasteiger partial charge in [0.15, 0.2) is 0 Å². The van der Waals surface area contributed by atoms with Crippen molar-refractivity contribution in [3.05, 3.63) is 25.6 Å². The molecule has 20 heavy (non-hydrogen) atoms. The van der Waals surface area contributed by atoms with E-state index >= 15 is 0 Å². The van der Waals surface area contributed by atoms with Crippen molar-refractivity contribution in [2.45, 2.75) is 44.6 Å². The summed E-state index contributed by atoms with van der Waals surface area (Å²) >= 11 is 10.5. The maximum Gasteiger partial charge on any atom is 0.147 e. The highest BCUT2D eigenvalue weighted by atomic mass is 79.9. The Morgan fingerprint density at radius 2 is 1.70 bits per heavy atom. The smallest absolute Gasteiger partial charge is 0.147 e. The van der Waals surface area contributed by atoms with Crippen LogP contribution in [0.2, 0.25) is 0 Å². The summed E-state index contributed by atoms with van der Waals surface area (Å²) in [7, 11) is 0. The number of ether oxygens (including phenoxy) is 1. The Morgan fingerprint density at radius 1 is 1.05 bits per heavy atom. The van der Waals surface area contributed by atoms with Gasteiger partial charge in [0.05, 0.1) is 15.6 Å². The second-order valence-corrected chi connectivity index (χ2v) is 7.81. The quantitative estimate of drug-likeness (QED) is 0.542. The van der Waals surface area contributed by atoms with Crippen LogP contribution in [0, 0.1) is 0 Å². The van der Waals surface area contributed by atoms with Crippen LogP contribution in [0.3, 0.4) is 0 Å². The Kier molecular flexibility index (Phi) is 7.35. The fourth-order valence-corrected chi connectivity index (χ4v) is 5.01. The number of halogens is 3. The van der Waals surface area contributed by atoms with Crippen LogP contribution in [-0.2, 0) is 0 Å². The van der Waals surface area contributed by atoms with Crippen molar-refractivity contribution in [3.8, 4) is 5.75 Å². The zero-order valence-corrected chi connectivity index (χ0v) is 16.2. The molecule has 2 rings (SSSR count). The van der Waals surface area contributed by atoms with Crippen molar-refractivity contribution in [3.63, 3.8) is 0 Å². The van der Waals surface area contributed by atoms with Gasteiger partial charge in [-0.05, 0) is 69.8 Å². The second kappa shape index (κ2) is 8.76. The number of benzene rings is 1. The molecule has 5 heteroatoms. The van der Waals surface area contributed by atoms with Gasteiger partial charge in [-0.1, -0.05) is 35.2 Å². The molecule has 1 aromatic rings. The number of hydrogen-bond donors (Lipinski definition) is 1. The molecule has 0 aliphatic heterocycles. The third-order valence-corrected chi connectivity index (χ3v) is 5.20. The van der Waals surface area contributed by atoms with E-state index < -0.39 is 0 Å². The highest BCUT2D eigenvalue weighted by Crippen LogP contribution is 2.36. The minimum Gasteiger partial charge on any atom is -0.491 e. The van der Waals surface area contributed by atoms with E-state index in [1.165, 1.54) is 32.1 Å². The maximum absolute atomic E-state index is 5.86. The lowest BCUT2D eigenvalue weighted by Gasteiger charge is -2.22. The Balaban J connectivity index is 1.68. The van der Waals surface area contributed by atoms with Crippen LogP contribution in [-0.4, -0.2) is 19.2 Å². The van der Waals surface area contributed by atoms with Gasteiger partial charge in [0.1, 0.15) is 5.75 Å². The zero-order valence-electron chi connectivity index (χ0n) is 11.4. The van der Waals surface area contributed by atoms with E-state index in [1.807, 2.05) is 12.1 Å². The number of rotatable bonds is 6.